The predicted molar refractivity (Wildman–Crippen MR) is 120 cm³/mol. The summed E-state index contributed by atoms with van der Waals surface area (Å²) in [5.74, 6) is -2.31. The normalized spacial score (nSPS) is 43.5. The lowest BCUT2D eigenvalue weighted by Crippen LogP contribution is -2.49. The molecule has 0 amide bonds. The topological polar surface area (TPSA) is 96.0 Å². The summed E-state index contributed by atoms with van der Waals surface area (Å²) in [5.41, 5.74) is -1.35. The van der Waals surface area contributed by atoms with Crippen molar-refractivity contribution >= 4 is 23.9 Å². The molecule has 2 saturated heterocycles. The molecule has 4 aliphatic rings. The molecule has 0 aromatic carbocycles. The largest absolute Gasteiger partial charge is 0.469 e. The molecule has 0 aromatic heterocycles. The number of carbonyl (C=O) groups is 4. The number of hydrogen-bond acceptors (Lipinski definition) is 7. The molecule has 7 nitrogen and oxygen atoms in total. The number of carbonyl (C=O) groups excluding carboxylic acids is 4. The lowest BCUT2D eigenvalue weighted by molar-refractivity contribution is -0.166. The number of hydrogen-bond donors (Lipinski definition) is 0. The molecule has 33 heavy (non-hydrogen) atoms. The molecule has 4 fully saturated rings. The van der Waals surface area contributed by atoms with Crippen LogP contribution in [0.25, 0.3) is 0 Å². The van der Waals surface area contributed by atoms with E-state index in [0.29, 0.717) is 23.7 Å². The molecule has 7 heteroatoms. The van der Waals surface area contributed by atoms with E-state index in [4.69, 9.17) is 14.2 Å². The Labute approximate surface area is 197 Å². The fourth-order valence-electron chi connectivity index (χ4n) is 7.52. The van der Waals surface area contributed by atoms with E-state index in [1.165, 1.54) is 7.11 Å². The molecule has 0 aromatic rings. The van der Waals surface area contributed by atoms with Crippen LogP contribution in [0.3, 0.4) is 0 Å². The van der Waals surface area contributed by atoms with Crippen molar-refractivity contribution in [2.45, 2.75) is 61.3 Å². The molecule has 2 bridgehead atoms. The highest BCUT2D eigenvalue weighted by Gasteiger charge is 2.66. The summed E-state index contributed by atoms with van der Waals surface area (Å²) in [6.07, 6.45) is 1.14. The molecule has 4 rings (SSSR count). The third-order valence-electron chi connectivity index (χ3n) is 9.46. The van der Waals surface area contributed by atoms with Crippen LogP contribution in [0.4, 0.5) is 0 Å². The van der Waals surface area contributed by atoms with Crippen LogP contribution in [0, 0.1) is 64.6 Å². The number of fused-ring (bicyclic) bond motifs is 2. The van der Waals surface area contributed by atoms with Crippen molar-refractivity contribution in [2.24, 2.45) is 64.6 Å². The minimum absolute atomic E-state index is 0.0166. The summed E-state index contributed by atoms with van der Waals surface area (Å²) in [6.45, 7) is 14.5. The van der Waals surface area contributed by atoms with Gasteiger partial charge < -0.3 is 14.2 Å². The molecular weight excluding hydrogens is 424 g/mol. The maximum absolute atomic E-state index is 13.1. The van der Waals surface area contributed by atoms with Gasteiger partial charge in [-0.15, -0.1) is 0 Å². The van der Waals surface area contributed by atoms with Gasteiger partial charge >= 0.3 is 23.9 Å². The van der Waals surface area contributed by atoms with Crippen molar-refractivity contribution in [3.8, 4) is 0 Å². The van der Waals surface area contributed by atoms with E-state index < -0.39 is 41.1 Å². The Morgan fingerprint density at radius 1 is 0.970 bits per heavy atom. The minimum atomic E-state index is -1.35. The van der Waals surface area contributed by atoms with Gasteiger partial charge in [-0.25, -0.2) is 0 Å². The van der Waals surface area contributed by atoms with E-state index in [1.807, 2.05) is 20.8 Å². The smallest absolute Gasteiger partial charge is 0.318 e. The third-order valence-corrected chi connectivity index (χ3v) is 9.46. The fraction of sp³-hybridized carbons (Fsp3) is 0.846. The Kier molecular flexibility index (Phi) is 7.30. The van der Waals surface area contributed by atoms with Crippen molar-refractivity contribution in [3.05, 3.63) is 0 Å². The van der Waals surface area contributed by atoms with E-state index in [0.717, 1.165) is 6.42 Å². The molecule has 2 saturated carbocycles. The van der Waals surface area contributed by atoms with Crippen LogP contribution in [0.15, 0.2) is 0 Å². The average Bonchev–Trinajstić information content (AvgIpc) is 3.47. The van der Waals surface area contributed by atoms with Gasteiger partial charge in [0.2, 0.25) is 0 Å². The number of rotatable bonds is 5. The van der Waals surface area contributed by atoms with Crippen LogP contribution >= 0.6 is 0 Å². The highest BCUT2D eigenvalue weighted by molar-refractivity contribution is 6.00. The van der Waals surface area contributed by atoms with Crippen LogP contribution in [-0.2, 0) is 33.4 Å². The van der Waals surface area contributed by atoms with E-state index in [2.05, 4.69) is 20.8 Å². The average molecular weight is 465 g/mol. The monoisotopic (exact) mass is 464 g/mol. The van der Waals surface area contributed by atoms with Crippen LogP contribution in [0.5, 0.6) is 0 Å². The highest BCUT2D eigenvalue weighted by Crippen LogP contribution is 2.63. The van der Waals surface area contributed by atoms with Gasteiger partial charge in [0.1, 0.15) is 0 Å². The lowest BCUT2D eigenvalue weighted by atomic mass is 9.58. The molecule has 0 spiro atoms. The first-order valence-corrected chi connectivity index (χ1v) is 12.5. The zero-order chi connectivity index (χ0) is 24.8. The summed E-state index contributed by atoms with van der Waals surface area (Å²) in [7, 11) is 1.28. The van der Waals surface area contributed by atoms with Crippen molar-refractivity contribution < 1.29 is 33.4 Å². The van der Waals surface area contributed by atoms with Crippen LogP contribution in [0.1, 0.15) is 61.3 Å². The Bertz CT molecular complexity index is 806. The van der Waals surface area contributed by atoms with Gasteiger partial charge in [0.05, 0.1) is 36.9 Å². The summed E-state index contributed by atoms with van der Waals surface area (Å²) in [5, 5.41) is 0. The second-order valence-electron chi connectivity index (χ2n) is 10.8. The predicted octanol–water partition coefficient (Wildman–Crippen LogP) is 3.88. The molecule has 0 N–H and O–H groups in total. The number of esters is 4. The van der Waals surface area contributed by atoms with Gasteiger partial charge in [0.25, 0.3) is 0 Å². The maximum Gasteiger partial charge on any atom is 0.318 e. The van der Waals surface area contributed by atoms with Gasteiger partial charge in [-0.05, 0) is 55.3 Å². The first-order chi connectivity index (χ1) is 15.5. The summed E-state index contributed by atoms with van der Waals surface area (Å²) >= 11 is 0. The van der Waals surface area contributed by atoms with Crippen LogP contribution in [-0.4, -0.2) is 37.6 Å². The second kappa shape index (κ2) is 9.38. The number of methoxy groups -OCH3 is 1. The standard InChI is InChI=1S/C24H34O7.C2H6/c1-10-9-30-20(25)16(10)8-24(5,23(28)29-6)19-18(21(26)31-22(19)27)17-13(4)14-7-15(17)12(3)11(14)2;1-2/h10-19H,7-9H2,1-6H3;1-2H3. The first-order valence-electron chi connectivity index (χ1n) is 12.5. The van der Waals surface area contributed by atoms with Gasteiger partial charge in [-0.3, -0.25) is 19.2 Å². The zero-order valence-corrected chi connectivity index (χ0v) is 21.3. The molecule has 11 atom stereocenters. The molecule has 186 valence electrons. The summed E-state index contributed by atoms with van der Waals surface area (Å²) in [4.78, 5) is 51.5. The summed E-state index contributed by atoms with van der Waals surface area (Å²) in [6, 6.07) is 0. The Morgan fingerprint density at radius 2 is 1.58 bits per heavy atom. The lowest BCUT2D eigenvalue weighted by Gasteiger charge is -2.42. The Balaban J connectivity index is 0.00000149. The highest BCUT2D eigenvalue weighted by atomic mass is 16.6. The van der Waals surface area contributed by atoms with E-state index in [1.54, 1.807) is 6.92 Å². The van der Waals surface area contributed by atoms with Gasteiger partial charge in [0, 0.05) is 5.92 Å². The fourth-order valence-corrected chi connectivity index (χ4v) is 7.52. The number of cyclic esters (lactones) is 3. The van der Waals surface area contributed by atoms with Crippen molar-refractivity contribution in [3.63, 3.8) is 0 Å². The molecule has 2 aliphatic carbocycles. The molecule has 0 radical (unpaired) electrons. The van der Waals surface area contributed by atoms with Crippen molar-refractivity contribution in [1.82, 2.24) is 0 Å². The third kappa shape index (κ3) is 3.89. The zero-order valence-electron chi connectivity index (χ0n) is 21.3. The Morgan fingerprint density at radius 3 is 2.09 bits per heavy atom. The molecular formula is C26H40O7. The van der Waals surface area contributed by atoms with Gasteiger partial charge in [-0.2, -0.15) is 0 Å². The van der Waals surface area contributed by atoms with E-state index >= 15 is 0 Å². The summed E-state index contributed by atoms with van der Waals surface area (Å²) < 4.78 is 15.5. The maximum atomic E-state index is 13.1. The first kappa shape index (κ1) is 25.7. The van der Waals surface area contributed by atoms with Crippen LogP contribution < -0.4 is 0 Å². The second-order valence-corrected chi connectivity index (χ2v) is 10.8. The van der Waals surface area contributed by atoms with Crippen molar-refractivity contribution in [2.75, 3.05) is 13.7 Å². The number of ether oxygens (including phenoxy) is 3. The Hall–Kier alpha value is -1.92. The van der Waals surface area contributed by atoms with E-state index in [9.17, 15) is 19.2 Å². The SMILES string of the molecule is CC.COC(=O)C(C)(CC1C(=O)OCC1C)C1C(=O)OC(=O)C1C1C(C)C2CC1C(C)C2C. The molecule has 2 aliphatic heterocycles. The molecule has 2 heterocycles. The van der Waals surface area contributed by atoms with Crippen LogP contribution in [0.2, 0.25) is 0 Å². The quantitative estimate of drug-likeness (QED) is 0.346. The van der Waals surface area contributed by atoms with E-state index in [-0.39, 0.29) is 36.8 Å². The molecule has 11 unspecified atom stereocenters. The minimum Gasteiger partial charge on any atom is -0.469 e. The van der Waals surface area contributed by atoms with Gasteiger partial charge in [0.15, 0.2) is 0 Å². The van der Waals surface area contributed by atoms with Gasteiger partial charge in [-0.1, -0.05) is 41.5 Å². The van der Waals surface area contributed by atoms with Crippen molar-refractivity contribution in [1.29, 1.82) is 0 Å².